The highest BCUT2D eigenvalue weighted by atomic mass is 79.9. The van der Waals surface area contributed by atoms with Gasteiger partial charge < -0.3 is 9.84 Å². The van der Waals surface area contributed by atoms with Gasteiger partial charge >= 0.3 is 0 Å². The van der Waals surface area contributed by atoms with Gasteiger partial charge in [-0.1, -0.05) is 53.3 Å². The molecule has 0 bridgehead atoms. The molecule has 1 N–H and O–H groups in total. The molecule has 1 heterocycles. The van der Waals surface area contributed by atoms with Crippen molar-refractivity contribution in [3.63, 3.8) is 0 Å². The molecule has 1 fully saturated rings. The van der Waals surface area contributed by atoms with E-state index < -0.39 is 0 Å². The van der Waals surface area contributed by atoms with E-state index in [9.17, 15) is 9.90 Å². The average molecular weight is 402 g/mol. The first-order valence-corrected chi connectivity index (χ1v) is 8.81. The van der Waals surface area contributed by atoms with Gasteiger partial charge in [-0.15, -0.1) is 0 Å². The molecule has 1 aromatic rings. The fourth-order valence-electron chi connectivity index (χ4n) is 1.98. The molecule has 1 amide bonds. The Kier molecular flexibility index (Phi) is 5.88. The number of rotatable bonds is 5. The number of carbonyl (C=O) groups is 1. The van der Waals surface area contributed by atoms with E-state index in [-0.39, 0.29) is 11.7 Å². The second-order valence-corrected chi connectivity index (χ2v) is 7.26. The van der Waals surface area contributed by atoms with Crippen LogP contribution in [0.1, 0.15) is 25.3 Å². The van der Waals surface area contributed by atoms with Crippen LogP contribution < -0.4 is 4.74 Å². The maximum atomic E-state index is 12.4. The van der Waals surface area contributed by atoms with E-state index in [1.807, 2.05) is 0 Å². The van der Waals surface area contributed by atoms with Gasteiger partial charge in [0.15, 0.2) is 11.5 Å². The molecule has 0 unspecified atom stereocenters. The van der Waals surface area contributed by atoms with Crippen molar-refractivity contribution in [2.24, 2.45) is 0 Å². The van der Waals surface area contributed by atoms with Crippen LogP contribution in [0.25, 0.3) is 6.08 Å². The number of aromatic hydroxyl groups is 1. The number of thioether (sulfide) groups is 1. The Morgan fingerprint density at radius 3 is 2.86 bits per heavy atom. The molecular formula is C15H16BrNO3S2. The largest absolute Gasteiger partial charge is 0.504 e. The Morgan fingerprint density at radius 1 is 1.50 bits per heavy atom. The molecule has 0 aromatic heterocycles. The van der Waals surface area contributed by atoms with Gasteiger partial charge in [-0.25, -0.2) is 0 Å². The number of hydrogen-bond donors (Lipinski definition) is 1. The molecule has 22 heavy (non-hydrogen) atoms. The zero-order valence-electron chi connectivity index (χ0n) is 12.3. The molecule has 4 nitrogen and oxygen atoms in total. The van der Waals surface area contributed by atoms with Crippen LogP contribution in [-0.2, 0) is 4.79 Å². The second-order valence-electron chi connectivity index (χ2n) is 4.73. The lowest BCUT2D eigenvalue weighted by molar-refractivity contribution is -0.122. The lowest BCUT2D eigenvalue weighted by Crippen LogP contribution is -2.28. The third-order valence-electron chi connectivity index (χ3n) is 3.19. The van der Waals surface area contributed by atoms with Crippen molar-refractivity contribution in [2.75, 3.05) is 13.7 Å². The topological polar surface area (TPSA) is 49.8 Å². The monoisotopic (exact) mass is 401 g/mol. The van der Waals surface area contributed by atoms with Crippen LogP contribution >= 0.6 is 39.9 Å². The van der Waals surface area contributed by atoms with E-state index in [0.717, 1.165) is 18.4 Å². The van der Waals surface area contributed by atoms with Crippen molar-refractivity contribution < 1.29 is 14.6 Å². The summed E-state index contributed by atoms with van der Waals surface area (Å²) in [7, 11) is 1.48. The summed E-state index contributed by atoms with van der Waals surface area (Å²) in [4.78, 5) is 14.6. The number of benzene rings is 1. The van der Waals surface area contributed by atoms with Crippen LogP contribution in [0.4, 0.5) is 0 Å². The number of halogens is 1. The Labute approximate surface area is 147 Å². The molecule has 7 heteroatoms. The molecule has 1 aromatic carbocycles. The van der Waals surface area contributed by atoms with Crippen molar-refractivity contribution in [1.29, 1.82) is 0 Å². The first-order chi connectivity index (χ1) is 10.5. The zero-order chi connectivity index (χ0) is 16.3. The minimum Gasteiger partial charge on any atom is -0.504 e. The Hall–Kier alpha value is -1.05. The average Bonchev–Trinajstić information content (AvgIpc) is 2.74. The highest BCUT2D eigenvalue weighted by Crippen LogP contribution is 2.37. The molecule has 1 aliphatic rings. The SMILES string of the molecule is CCCCN1C(=O)/C(=C/c2cc(OC)c(O)cc2Br)SC1=S. The Balaban J connectivity index is 2.30. The van der Waals surface area contributed by atoms with Gasteiger partial charge in [-0.05, 0) is 30.2 Å². The van der Waals surface area contributed by atoms with Crippen LogP contribution in [0.3, 0.4) is 0 Å². The second kappa shape index (κ2) is 7.48. The van der Waals surface area contributed by atoms with Crippen molar-refractivity contribution in [1.82, 2.24) is 4.90 Å². The quantitative estimate of drug-likeness (QED) is 0.592. The lowest BCUT2D eigenvalue weighted by Gasteiger charge is -2.13. The van der Waals surface area contributed by atoms with Gasteiger partial charge in [0.2, 0.25) is 0 Å². The van der Waals surface area contributed by atoms with Gasteiger partial charge in [0.25, 0.3) is 5.91 Å². The van der Waals surface area contributed by atoms with Crippen LogP contribution in [0.15, 0.2) is 21.5 Å². The van der Waals surface area contributed by atoms with Gasteiger partial charge in [-0.2, -0.15) is 0 Å². The molecular weight excluding hydrogens is 386 g/mol. The number of unbranched alkanes of at least 4 members (excludes halogenated alkanes) is 1. The molecule has 0 atom stereocenters. The minimum atomic E-state index is -0.0672. The third-order valence-corrected chi connectivity index (χ3v) is 5.26. The number of nitrogens with zero attached hydrogens (tertiary/aromatic N) is 1. The van der Waals surface area contributed by atoms with E-state index in [4.69, 9.17) is 17.0 Å². The summed E-state index contributed by atoms with van der Waals surface area (Å²) in [6.07, 6.45) is 3.70. The standard InChI is InChI=1S/C15H16BrNO3S2/c1-3-4-5-17-14(19)13(22-15(17)21)7-9-6-12(20-2)11(18)8-10(9)16/h6-8,18H,3-5H2,1-2H3/b13-7-. The van der Waals surface area contributed by atoms with Crippen LogP contribution in [-0.4, -0.2) is 33.9 Å². The van der Waals surface area contributed by atoms with E-state index in [0.29, 0.717) is 26.0 Å². The maximum Gasteiger partial charge on any atom is 0.266 e. The molecule has 0 saturated carbocycles. The molecule has 0 radical (unpaired) electrons. The fraction of sp³-hybridized carbons (Fsp3) is 0.333. The van der Waals surface area contributed by atoms with Gasteiger partial charge in [0, 0.05) is 11.0 Å². The number of phenols is 1. The predicted octanol–water partition coefficient (Wildman–Crippen LogP) is 4.16. The highest BCUT2D eigenvalue weighted by Gasteiger charge is 2.31. The van der Waals surface area contributed by atoms with E-state index in [1.54, 1.807) is 23.1 Å². The Morgan fingerprint density at radius 2 is 2.23 bits per heavy atom. The van der Waals surface area contributed by atoms with Gasteiger partial charge in [-0.3, -0.25) is 9.69 Å². The number of ether oxygens (including phenoxy) is 1. The number of thiocarbonyl (C=S) groups is 1. The van der Waals surface area contributed by atoms with Gasteiger partial charge in [0.1, 0.15) is 4.32 Å². The molecule has 1 aliphatic heterocycles. The first kappa shape index (κ1) is 17.3. The molecule has 2 rings (SSSR count). The highest BCUT2D eigenvalue weighted by molar-refractivity contribution is 9.10. The number of phenolic OH excluding ortho intramolecular Hbond substituents is 1. The van der Waals surface area contributed by atoms with Gasteiger partial charge in [0.05, 0.1) is 12.0 Å². The van der Waals surface area contributed by atoms with Crippen molar-refractivity contribution >= 4 is 56.2 Å². The summed E-state index contributed by atoms with van der Waals surface area (Å²) in [5, 5.41) is 9.73. The molecule has 1 saturated heterocycles. The van der Waals surface area contributed by atoms with Crippen LogP contribution in [0.5, 0.6) is 11.5 Å². The minimum absolute atomic E-state index is 0.0435. The van der Waals surface area contributed by atoms with E-state index in [2.05, 4.69) is 22.9 Å². The third kappa shape index (κ3) is 3.64. The number of methoxy groups -OCH3 is 1. The summed E-state index contributed by atoms with van der Waals surface area (Å²) in [5.74, 6) is 0.334. The number of amides is 1. The van der Waals surface area contributed by atoms with Crippen molar-refractivity contribution in [2.45, 2.75) is 19.8 Å². The van der Waals surface area contributed by atoms with Crippen molar-refractivity contribution in [3.8, 4) is 11.5 Å². The lowest BCUT2D eigenvalue weighted by atomic mass is 10.2. The van der Waals surface area contributed by atoms with E-state index >= 15 is 0 Å². The zero-order valence-corrected chi connectivity index (χ0v) is 15.5. The number of carbonyl (C=O) groups excluding carboxylic acids is 1. The first-order valence-electron chi connectivity index (χ1n) is 6.79. The predicted molar refractivity (Wildman–Crippen MR) is 97.1 cm³/mol. The van der Waals surface area contributed by atoms with Crippen LogP contribution in [0.2, 0.25) is 0 Å². The smallest absolute Gasteiger partial charge is 0.266 e. The summed E-state index contributed by atoms with van der Waals surface area (Å²) in [5.41, 5.74) is 0.755. The molecule has 0 aliphatic carbocycles. The number of hydrogen-bond acceptors (Lipinski definition) is 5. The summed E-state index contributed by atoms with van der Waals surface area (Å²) in [6.45, 7) is 2.73. The van der Waals surface area contributed by atoms with E-state index in [1.165, 1.54) is 18.9 Å². The van der Waals surface area contributed by atoms with Crippen molar-refractivity contribution in [3.05, 3.63) is 27.1 Å². The normalized spacial score (nSPS) is 16.7. The van der Waals surface area contributed by atoms with Crippen LogP contribution in [0, 0.1) is 0 Å². The maximum absolute atomic E-state index is 12.4. The summed E-state index contributed by atoms with van der Waals surface area (Å²) in [6, 6.07) is 3.22. The fourth-order valence-corrected chi connectivity index (χ4v) is 3.73. The molecule has 118 valence electrons. The summed E-state index contributed by atoms with van der Waals surface area (Å²) >= 11 is 9.96. The molecule has 0 spiro atoms. The Bertz CT molecular complexity index is 646. The summed E-state index contributed by atoms with van der Waals surface area (Å²) < 4.78 is 6.37.